The van der Waals surface area contributed by atoms with Crippen LogP contribution in [0.2, 0.25) is 0 Å². The number of halogens is 3. The largest absolute Gasteiger partial charge is 0.496 e. The molecule has 13 heteroatoms. The van der Waals surface area contributed by atoms with Crippen molar-refractivity contribution in [2.45, 2.75) is 35.5 Å². The van der Waals surface area contributed by atoms with Gasteiger partial charge in [0.05, 0.1) is 37.5 Å². The van der Waals surface area contributed by atoms with Crippen molar-refractivity contribution in [3.63, 3.8) is 0 Å². The van der Waals surface area contributed by atoms with Crippen LogP contribution >= 0.6 is 11.8 Å². The number of nitrogens with zero attached hydrogens (tertiary/aromatic N) is 4. The number of urea groups is 1. The van der Waals surface area contributed by atoms with E-state index in [2.05, 4.69) is 5.10 Å². The molecule has 0 bridgehead atoms. The van der Waals surface area contributed by atoms with E-state index in [9.17, 15) is 22.8 Å². The van der Waals surface area contributed by atoms with Crippen LogP contribution in [0.3, 0.4) is 0 Å². The lowest BCUT2D eigenvalue weighted by atomic mass is 9.85. The molecule has 0 saturated carbocycles. The molecular weight excluding hydrogens is 559 g/mol. The second-order valence-electron chi connectivity index (χ2n) is 9.76. The SMILES string of the molecule is COc1ccccc1C(=O)n1nc(C2CN(C(=O)N3CCOCC3)C2C(F)(F)F)cc1SCc1ccc(CN)cc1. The van der Waals surface area contributed by atoms with Gasteiger partial charge in [-0.2, -0.15) is 23.0 Å². The molecule has 2 aliphatic rings. The Balaban J connectivity index is 1.45. The van der Waals surface area contributed by atoms with E-state index in [0.717, 1.165) is 20.7 Å². The van der Waals surface area contributed by atoms with E-state index in [4.69, 9.17) is 15.2 Å². The van der Waals surface area contributed by atoms with Gasteiger partial charge in [-0.15, -0.1) is 11.8 Å². The molecule has 1 aromatic heterocycles. The molecule has 5 rings (SSSR count). The highest BCUT2D eigenvalue weighted by molar-refractivity contribution is 7.98. The van der Waals surface area contributed by atoms with Gasteiger partial charge in [0.25, 0.3) is 5.91 Å². The number of benzene rings is 2. The van der Waals surface area contributed by atoms with Gasteiger partial charge in [-0.3, -0.25) is 4.79 Å². The number of para-hydroxylation sites is 1. The standard InChI is InChI=1S/C28H30F3N5O4S/c1-39-23-5-3-2-4-20(23)26(37)36-24(41-17-19-8-6-18(15-32)7-9-19)14-22(33-36)21-16-35(25(21)28(29,30)31)27(38)34-10-12-40-13-11-34/h2-9,14,21,25H,10-13,15-17,32H2,1H3. The molecule has 9 nitrogen and oxygen atoms in total. The zero-order valence-electron chi connectivity index (χ0n) is 22.3. The number of carbonyl (C=O) groups excluding carboxylic acids is 2. The fourth-order valence-electron chi connectivity index (χ4n) is 4.97. The summed E-state index contributed by atoms with van der Waals surface area (Å²) in [4.78, 5) is 28.8. The predicted molar refractivity (Wildman–Crippen MR) is 146 cm³/mol. The molecule has 2 saturated heterocycles. The van der Waals surface area contributed by atoms with Crippen molar-refractivity contribution in [3.05, 3.63) is 77.0 Å². The molecule has 2 atom stereocenters. The topological polar surface area (TPSA) is 103 Å². The lowest BCUT2D eigenvalue weighted by Crippen LogP contribution is -2.66. The fourth-order valence-corrected chi connectivity index (χ4v) is 5.93. The Morgan fingerprint density at radius 2 is 1.78 bits per heavy atom. The van der Waals surface area contributed by atoms with Crippen LogP contribution in [0.15, 0.2) is 59.6 Å². The van der Waals surface area contributed by atoms with Crippen molar-refractivity contribution in [2.75, 3.05) is 40.0 Å². The molecule has 0 aliphatic carbocycles. The zero-order chi connectivity index (χ0) is 29.1. The predicted octanol–water partition coefficient (Wildman–Crippen LogP) is 4.11. The minimum atomic E-state index is -4.68. The van der Waals surface area contributed by atoms with Gasteiger partial charge in [0.2, 0.25) is 0 Å². The molecule has 218 valence electrons. The average Bonchev–Trinajstić information content (AvgIpc) is 3.38. The summed E-state index contributed by atoms with van der Waals surface area (Å²) in [5, 5.41) is 4.78. The van der Waals surface area contributed by atoms with Gasteiger partial charge < -0.3 is 25.0 Å². The van der Waals surface area contributed by atoms with E-state index >= 15 is 0 Å². The summed E-state index contributed by atoms with van der Waals surface area (Å²) in [6, 6.07) is 13.0. The van der Waals surface area contributed by atoms with E-state index in [1.54, 1.807) is 24.3 Å². The summed E-state index contributed by atoms with van der Waals surface area (Å²) in [6.07, 6.45) is -4.68. The molecule has 2 amide bonds. The molecule has 2 aromatic carbocycles. The van der Waals surface area contributed by atoms with Gasteiger partial charge in [0.1, 0.15) is 16.8 Å². The highest BCUT2D eigenvalue weighted by Gasteiger charge is 2.59. The third-order valence-corrected chi connectivity index (χ3v) is 8.29. The van der Waals surface area contributed by atoms with Crippen LogP contribution in [-0.4, -0.2) is 83.7 Å². The van der Waals surface area contributed by atoms with Crippen molar-refractivity contribution < 1.29 is 32.2 Å². The third-order valence-electron chi connectivity index (χ3n) is 7.22. The van der Waals surface area contributed by atoms with Gasteiger partial charge in [0, 0.05) is 31.9 Å². The second-order valence-corrected chi connectivity index (χ2v) is 10.8. The van der Waals surface area contributed by atoms with Gasteiger partial charge >= 0.3 is 12.2 Å². The average molecular weight is 590 g/mol. The van der Waals surface area contributed by atoms with Crippen LogP contribution in [0.25, 0.3) is 0 Å². The van der Waals surface area contributed by atoms with E-state index in [-0.39, 0.29) is 44.1 Å². The van der Waals surface area contributed by atoms with Crippen LogP contribution in [0.1, 0.15) is 33.1 Å². The number of thioether (sulfide) groups is 1. The quantitative estimate of drug-likeness (QED) is 0.414. The molecular formula is C28H30F3N5O4S. The van der Waals surface area contributed by atoms with Crippen LogP contribution in [0, 0.1) is 0 Å². The molecule has 0 radical (unpaired) electrons. The molecule has 2 N–H and O–H groups in total. The van der Waals surface area contributed by atoms with E-state index < -0.39 is 30.1 Å². The number of nitrogens with two attached hydrogens (primary N) is 1. The van der Waals surface area contributed by atoms with Gasteiger partial charge in [-0.05, 0) is 29.3 Å². The van der Waals surface area contributed by atoms with Gasteiger partial charge in [-0.25, -0.2) is 4.79 Å². The number of rotatable bonds is 7. The number of likely N-dealkylation sites (tertiary alicyclic amines) is 1. The molecule has 2 unspecified atom stereocenters. The number of alkyl halides is 3. The Morgan fingerprint density at radius 1 is 1.10 bits per heavy atom. The maximum absolute atomic E-state index is 14.3. The van der Waals surface area contributed by atoms with Crippen molar-refractivity contribution in [1.29, 1.82) is 0 Å². The number of amides is 2. The normalized spacial score (nSPS) is 19.1. The fraction of sp³-hybridized carbons (Fsp3) is 0.393. The van der Waals surface area contributed by atoms with Crippen LogP contribution < -0.4 is 10.5 Å². The third kappa shape index (κ3) is 6.07. The Labute approximate surface area is 239 Å². The summed E-state index contributed by atoms with van der Waals surface area (Å²) < 4.78 is 54.6. The molecule has 2 aliphatic heterocycles. The smallest absolute Gasteiger partial charge is 0.409 e. The number of methoxy groups -OCH3 is 1. The Hall–Kier alpha value is -3.55. The first kappa shape index (κ1) is 29.0. The summed E-state index contributed by atoms with van der Waals surface area (Å²) in [6.45, 7) is 1.28. The summed E-state index contributed by atoms with van der Waals surface area (Å²) in [7, 11) is 1.43. The first-order valence-electron chi connectivity index (χ1n) is 13.1. The Morgan fingerprint density at radius 3 is 2.44 bits per heavy atom. The number of morpholine rings is 1. The number of aromatic nitrogens is 2. The van der Waals surface area contributed by atoms with E-state index in [1.807, 2.05) is 24.3 Å². The van der Waals surface area contributed by atoms with Crippen molar-refractivity contribution in [2.24, 2.45) is 5.73 Å². The van der Waals surface area contributed by atoms with E-state index in [1.165, 1.54) is 29.8 Å². The molecule has 2 fully saturated rings. The Bertz CT molecular complexity index is 1390. The summed E-state index contributed by atoms with van der Waals surface area (Å²) in [5.41, 5.74) is 7.93. The summed E-state index contributed by atoms with van der Waals surface area (Å²) >= 11 is 1.29. The zero-order valence-corrected chi connectivity index (χ0v) is 23.2. The monoisotopic (exact) mass is 589 g/mol. The van der Waals surface area contributed by atoms with Crippen LogP contribution in [0.4, 0.5) is 18.0 Å². The number of hydrogen-bond donors (Lipinski definition) is 1. The maximum atomic E-state index is 14.3. The maximum Gasteiger partial charge on any atom is 0.409 e. The molecule has 3 aromatic rings. The van der Waals surface area contributed by atoms with E-state index in [0.29, 0.717) is 23.1 Å². The lowest BCUT2D eigenvalue weighted by Gasteiger charge is -2.49. The van der Waals surface area contributed by atoms with Crippen molar-refractivity contribution >= 4 is 23.7 Å². The first-order valence-corrected chi connectivity index (χ1v) is 14.1. The van der Waals surface area contributed by atoms with Crippen molar-refractivity contribution in [1.82, 2.24) is 19.6 Å². The van der Waals surface area contributed by atoms with Crippen molar-refractivity contribution in [3.8, 4) is 5.75 Å². The lowest BCUT2D eigenvalue weighted by molar-refractivity contribution is -0.209. The van der Waals surface area contributed by atoms with Gasteiger partial charge in [-0.1, -0.05) is 36.4 Å². The molecule has 3 heterocycles. The molecule has 0 spiro atoms. The number of hydrogen-bond acceptors (Lipinski definition) is 7. The minimum absolute atomic E-state index is 0.0996. The molecule has 41 heavy (non-hydrogen) atoms. The summed E-state index contributed by atoms with van der Waals surface area (Å²) in [5.74, 6) is -0.875. The van der Waals surface area contributed by atoms with Crippen LogP contribution in [-0.2, 0) is 17.0 Å². The highest BCUT2D eigenvalue weighted by atomic mass is 32.2. The van der Waals surface area contributed by atoms with Crippen LogP contribution in [0.5, 0.6) is 5.75 Å². The Kier molecular flexibility index (Phi) is 8.57. The first-order chi connectivity index (χ1) is 19.7. The second kappa shape index (κ2) is 12.1. The minimum Gasteiger partial charge on any atom is -0.496 e. The highest BCUT2D eigenvalue weighted by Crippen LogP contribution is 2.44. The van der Waals surface area contributed by atoms with Gasteiger partial charge in [0.15, 0.2) is 0 Å². The number of ether oxygens (including phenoxy) is 2. The number of carbonyl (C=O) groups is 2.